The summed E-state index contributed by atoms with van der Waals surface area (Å²) in [5.74, 6) is 2.21. The van der Waals surface area contributed by atoms with Gasteiger partial charge >= 0.3 is 0 Å². The van der Waals surface area contributed by atoms with Gasteiger partial charge in [0.25, 0.3) is 0 Å². The molecule has 29 heavy (non-hydrogen) atoms. The third kappa shape index (κ3) is 4.10. The molecule has 1 aliphatic carbocycles. The van der Waals surface area contributed by atoms with Crippen LogP contribution in [0.5, 0.6) is 0 Å². The molecule has 0 spiro atoms. The quantitative estimate of drug-likeness (QED) is 0.670. The minimum absolute atomic E-state index is 0.0155. The van der Waals surface area contributed by atoms with Crippen LogP contribution in [-0.4, -0.2) is 41.0 Å². The van der Waals surface area contributed by atoms with Gasteiger partial charge in [0.05, 0.1) is 11.9 Å². The fraction of sp³-hybridized carbons (Fsp3) is 0.455. The number of fused-ring (bicyclic) bond motifs is 3. The van der Waals surface area contributed by atoms with Crippen molar-refractivity contribution < 1.29 is 4.79 Å². The highest BCUT2D eigenvalue weighted by atomic mass is 32.1. The molecule has 0 aliphatic heterocycles. The molecular weight excluding hydrogens is 382 g/mol. The summed E-state index contributed by atoms with van der Waals surface area (Å²) in [6.45, 7) is 5.33. The molecule has 6 nitrogen and oxygen atoms in total. The fourth-order valence-electron chi connectivity index (χ4n) is 3.83. The summed E-state index contributed by atoms with van der Waals surface area (Å²) in [7, 11) is 1.94. The molecule has 0 saturated carbocycles. The van der Waals surface area contributed by atoms with Crippen LogP contribution in [0.15, 0.2) is 24.5 Å². The molecule has 0 unspecified atom stereocenters. The van der Waals surface area contributed by atoms with E-state index in [9.17, 15) is 4.79 Å². The van der Waals surface area contributed by atoms with Crippen LogP contribution in [-0.2, 0) is 17.6 Å². The number of aryl methyl sites for hydroxylation is 1. The first kappa shape index (κ1) is 19.8. The molecule has 7 heteroatoms. The summed E-state index contributed by atoms with van der Waals surface area (Å²) in [6.07, 6.45) is 7.79. The van der Waals surface area contributed by atoms with Crippen molar-refractivity contribution in [1.82, 2.24) is 20.3 Å². The normalized spacial score (nSPS) is 15.9. The molecule has 1 amide bonds. The van der Waals surface area contributed by atoms with Gasteiger partial charge < -0.3 is 10.2 Å². The van der Waals surface area contributed by atoms with Gasteiger partial charge in [-0.3, -0.25) is 9.78 Å². The van der Waals surface area contributed by atoms with Crippen LogP contribution in [0.3, 0.4) is 0 Å². The number of likely N-dealkylation sites (N-methyl/N-ethyl adjacent to an activating group) is 1. The van der Waals surface area contributed by atoms with Crippen molar-refractivity contribution in [3.05, 3.63) is 35.0 Å². The second-order valence-corrected chi connectivity index (χ2v) is 8.93. The number of pyridine rings is 1. The number of hydrogen-bond donors (Lipinski definition) is 1. The van der Waals surface area contributed by atoms with E-state index in [1.165, 1.54) is 16.9 Å². The number of nitrogens with one attached hydrogen (secondary N) is 1. The van der Waals surface area contributed by atoms with E-state index in [2.05, 4.69) is 24.1 Å². The number of aromatic nitrogens is 3. The molecule has 0 saturated heterocycles. The second-order valence-electron chi connectivity index (χ2n) is 7.85. The number of anilines is 1. The average Bonchev–Trinajstić information content (AvgIpc) is 3.09. The van der Waals surface area contributed by atoms with E-state index in [1.807, 2.05) is 24.1 Å². The first-order chi connectivity index (χ1) is 14.1. The van der Waals surface area contributed by atoms with Gasteiger partial charge in [0.2, 0.25) is 5.91 Å². The Hall–Kier alpha value is -2.54. The highest BCUT2D eigenvalue weighted by Gasteiger charge is 2.26. The Labute approximate surface area is 175 Å². The van der Waals surface area contributed by atoms with Crippen molar-refractivity contribution in [3.63, 3.8) is 0 Å². The maximum atomic E-state index is 12.3. The van der Waals surface area contributed by atoms with Crippen molar-refractivity contribution in [3.8, 4) is 11.4 Å². The smallest absolute Gasteiger partial charge is 0.239 e. The van der Waals surface area contributed by atoms with Crippen LogP contribution in [0.1, 0.15) is 37.1 Å². The Morgan fingerprint density at radius 3 is 3.00 bits per heavy atom. The predicted molar refractivity (Wildman–Crippen MR) is 118 cm³/mol. The molecule has 0 radical (unpaired) electrons. The summed E-state index contributed by atoms with van der Waals surface area (Å²) in [5.41, 5.74) is 2.26. The molecule has 0 bridgehead atoms. The lowest BCUT2D eigenvalue weighted by Crippen LogP contribution is -2.36. The first-order valence-corrected chi connectivity index (χ1v) is 11.1. The molecule has 0 fully saturated rings. The van der Waals surface area contributed by atoms with Crippen molar-refractivity contribution >= 4 is 33.3 Å². The van der Waals surface area contributed by atoms with Crippen molar-refractivity contribution in [2.45, 2.75) is 39.5 Å². The van der Waals surface area contributed by atoms with Gasteiger partial charge in [0.15, 0.2) is 5.82 Å². The summed E-state index contributed by atoms with van der Waals surface area (Å²) < 4.78 is 0. The minimum Gasteiger partial charge on any atom is -0.355 e. The zero-order valence-corrected chi connectivity index (χ0v) is 18.1. The summed E-state index contributed by atoms with van der Waals surface area (Å²) in [4.78, 5) is 30.7. The van der Waals surface area contributed by atoms with Gasteiger partial charge in [-0.1, -0.05) is 13.8 Å². The highest BCUT2D eigenvalue weighted by Crippen LogP contribution is 2.41. The molecule has 0 aromatic carbocycles. The summed E-state index contributed by atoms with van der Waals surface area (Å²) >= 11 is 1.78. The number of amides is 1. The van der Waals surface area contributed by atoms with Gasteiger partial charge in [0, 0.05) is 36.4 Å². The number of thiophene rings is 1. The van der Waals surface area contributed by atoms with Crippen LogP contribution in [0, 0.1) is 5.92 Å². The van der Waals surface area contributed by atoms with Gasteiger partial charge in [-0.05, 0) is 49.3 Å². The Bertz CT molecular complexity index is 1020. The monoisotopic (exact) mass is 409 g/mol. The maximum Gasteiger partial charge on any atom is 0.239 e. The number of rotatable bonds is 6. The fourth-order valence-corrected chi connectivity index (χ4v) is 5.21. The van der Waals surface area contributed by atoms with Crippen LogP contribution in [0.4, 0.5) is 5.82 Å². The van der Waals surface area contributed by atoms with Crippen LogP contribution >= 0.6 is 11.3 Å². The molecule has 1 atom stereocenters. The number of carbonyl (C=O) groups is 1. The Kier molecular flexibility index (Phi) is 5.76. The van der Waals surface area contributed by atoms with Gasteiger partial charge in [-0.2, -0.15) is 0 Å². The lowest BCUT2D eigenvalue weighted by Gasteiger charge is -2.22. The van der Waals surface area contributed by atoms with E-state index < -0.39 is 0 Å². The second kappa shape index (κ2) is 8.45. The van der Waals surface area contributed by atoms with Gasteiger partial charge in [-0.25, -0.2) is 9.97 Å². The van der Waals surface area contributed by atoms with E-state index in [-0.39, 0.29) is 12.5 Å². The standard InChI is InChI=1S/C22H27N5OS/c1-4-9-24-18(28)13-27(3)21-19-16-8-7-14(2)11-17(16)29-22(19)26-20(25-21)15-6-5-10-23-12-15/h5-6,10,12,14H,4,7-9,11,13H2,1-3H3,(H,24,28)/t14-/m0/s1. The van der Waals surface area contributed by atoms with Crippen molar-refractivity contribution in [2.24, 2.45) is 5.92 Å². The molecule has 3 aromatic heterocycles. The van der Waals surface area contributed by atoms with E-state index in [4.69, 9.17) is 9.97 Å². The van der Waals surface area contributed by atoms with Crippen molar-refractivity contribution in [1.29, 1.82) is 0 Å². The first-order valence-electron chi connectivity index (χ1n) is 10.3. The predicted octanol–water partition coefficient (Wildman–Crippen LogP) is 3.84. The van der Waals surface area contributed by atoms with E-state index >= 15 is 0 Å². The van der Waals surface area contributed by atoms with Crippen LogP contribution in [0.2, 0.25) is 0 Å². The number of nitrogens with zero attached hydrogens (tertiary/aromatic N) is 4. The lowest BCUT2D eigenvalue weighted by molar-refractivity contribution is -0.119. The molecule has 3 heterocycles. The molecule has 1 aliphatic rings. The maximum absolute atomic E-state index is 12.3. The third-order valence-corrected chi connectivity index (χ3v) is 6.52. The summed E-state index contributed by atoms with van der Waals surface area (Å²) in [6, 6.07) is 3.87. The molecule has 3 aromatic rings. The third-order valence-electron chi connectivity index (χ3n) is 5.37. The minimum atomic E-state index is 0.0155. The molecule has 1 N–H and O–H groups in total. The molecular formula is C22H27N5OS. The zero-order chi connectivity index (χ0) is 20.4. The van der Waals surface area contributed by atoms with E-state index in [0.717, 1.165) is 40.9 Å². The van der Waals surface area contributed by atoms with Gasteiger partial charge in [-0.15, -0.1) is 11.3 Å². The Morgan fingerprint density at radius 1 is 1.38 bits per heavy atom. The molecule has 4 rings (SSSR count). The topological polar surface area (TPSA) is 71.0 Å². The van der Waals surface area contributed by atoms with E-state index in [0.29, 0.717) is 18.3 Å². The van der Waals surface area contributed by atoms with E-state index in [1.54, 1.807) is 23.7 Å². The lowest BCUT2D eigenvalue weighted by atomic mass is 9.89. The Balaban J connectivity index is 1.80. The number of hydrogen-bond acceptors (Lipinski definition) is 6. The molecule has 152 valence electrons. The zero-order valence-electron chi connectivity index (χ0n) is 17.2. The average molecular weight is 410 g/mol. The van der Waals surface area contributed by atoms with Crippen molar-refractivity contribution in [2.75, 3.05) is 25.0 Å². The van der Waals surface area contributed by atoms with Crippen LogP contribution < -0.4 is 10.2 Å². The SMILES string of the molecule is CCCNC(=O)CN(C)c1nc(-c2cccnc2)nc2sc3c(c12)CC[C@H](C)C3. The van der Waals surface area contributed by atoms with Gasteiger partial charge in [0.1, 0.15) is 10.6 Å². The highest BCUT2D eigenvalue weighted by molar-refractivity contribution is 7.19. The summed E-state index contributed by atoms with van der Waals surface area (Å²) in [5, 5.41) is 4.08. The van der Waals surface area contributed by atoms with Crippen LogP contribution in [0.25, 0.3) is 21.6 Å². The largest absolute Gasteiger partial charge is 0.355 e. The Morgan fingerprint density at radius 2 is 2.24 bits per heavy atom. The number of carbonyl (C=O) groups excluding carboxylic acids is 1.